The van der Waals surface area contributed by atoms with Crippen LogP contribution >= 0.6 is 11.8 Å². The van der Waals surface area contributed by atoms with Crippen LogP contribution in [-0.2, 0) is 4.79 Å². The van der Waals surface area contributed by atoms with E-state index in [-0.39, 0.29) is 11.9 Å². The maximum absolute atomic E-state index is 12.4. The van der Waals surface area contributed by atoms with Gasteiger partial charge in [-0.2, -0.15) is 0 Å². The summed E-state index contributed by atoms with van der Waals surface area (Å²) < 4.78 is 10.6. The Morgan fingerprint density at radius 1 is 1.21 bits per heavy atom. The van der Waals surface area contributed by atoms with E-state index in [0.717, 1.165) is 54.7 Å². The average molecular weight is 351 g/mol. The lowest BCUT2D eigenvalue weighted by Crippen LogP contribution is -2.49. The number of rotatable bonds is 5. The number of piperidine rings is 1. The summed E-state index contributed by atoms with van der Waals surface area (Å²) in [6.07, 6.45) is 1.90. The number of carbonyl (C=O) groups excluding carboxylic acids is 1. The number of thioether (sulfide) groups is 1. The first kappa shape index (κ1) is 17.2. The van der Waals surface area contributed by atoms with E-state index in [9.17, 15) is 4.79 Å². The van der Waals surface area contributed by atoms with Crippen molar-refractivity contribution in [1.29, 1.82) is 0 Å². The van der Waals surface area contributed by atoms with Gasteiger partial charge in [-0.25, -0.2) is 0 Å². The van der Waals surface area contributed by atoms with Crippen LogP contribution in [0.25, 0.3) is 0 Å². The van der Waals surface area contributed by atoms with Crippen LogP contribution in [0.5, 0.6) is 11.5 Å². The smallest absolute Gasteiger partial charge is 0.240 e. The molecule has 2 N–H and O–H groups in total. The van der Waals surface area contributed by atoms with E-state index in [1.54, 1.807) is 26.0 Å². The van der Waals surface area contributed by atoms with Gasteiger partial charge in [0.2, 0.25) is 5.91 Å². The molecule has 0 aromatic heterocycles. The van der Waals surface area contributed by atoms with Crippen LogP contribution in [-0.4, -0.2) is 61.8 Å². The van der Waals surface area contributed by atoms with Crippen molar-refractivity contribution in [2.75, 3.05) is 44.3 Å². The normalized spacial score (nSPS) is 21.6. The quantitative estimate of drug-likeness (QED) is 0.843. The zero-order valence-electron chi connectivity index (χ0n) is 14.2. The van der Waals surface area contributed by atoms with E-state index in [0.29, 0.717) is 6.04 Å². The molecular formula is C17H25N3O3S. The summed E-state index contributed by atoms with van der Waals surface area (Å²) in [5, 5.41) is 6.80. The summed E-state index contributed by atoms with van der Waals surface area (Å²) in [5.74, 6) is 3.57. The molecule has 0 aliphatic carbocycles. The number of hydrogen-bond donors (Lipinski definition) is 2. The number of anilines is 1. The maximum Gasteiger partial charge on any atom is 0.240 e. The predicted molar refractivity (Wildman–Crippen MR) is 97.0 cm³/mol. The third-order valence-corrected chi connectivity index (χ3v) is 5.48. The van der Waals surface area contributed by atoms with Crippen LogP contribution in [0.2, 0.25) is 0 Å². The van der Waals surface area contributed by atoms with Crippen molar-refractivity contribution in [2.24, 2.45) is 0 Å². The standard InChI is InChI=1S/C17H25N3O3S/c1-22-14-7-13(8-15(9-14)23-2)19-12-3-5-20(6-4-12)17(21)16-10-24-11-18-16/h7-9,12,16,18-19H,3-6,10-11H2,1-2H3. The van der Waals surface area contributed by atoms with E-state index in [2.05, 4.69) is 10.6 Å². The van der Waals surface area contributed by atoms with Gasteiger partial charge in [-0.15, -0.1) is 11.8 Å². The summed E-state index contributed by atoms with van der Waals surface area (Å²) in [7, 11) is 3.30. The van der Waals surface area contributed by atoms with Gasteiger partial charge < -0.3 is 19.7 Å². The number of likely N-dealkylation sites (tertiary alicyclic amines) is 1. The van der Waals surface area contributed by atoms with E-state index in [4.69, 9.17) is 9.47 Å². The third-order valence-electron chi connectivity index (χ3n) is 4.54. The molecule has 1 unspecified atom stereocenters. The number of benzene rings is 1. The number of amides is 1. The zero-order chi connectivity index (χ0) is 16.9. The van der Waals surface area contributed by atoms with Gasteiger partial charge in [0.1, 0.15) is 11.5 Å². The van der Waals surface area contributed by atoms with Gasteiger partial charge in [0.25, 0.3) is 0 Å². The number of nitrogens with zero attached hydrogens (tertiary/aromatic N) is 1. The molecule has 132 valence electrons. The lowest BCUT2D eigenvalue weighted by molar-refractivity contribution is -0.133. The second-order valence-corrected chi connectivity index (χ2v) is 7.15. The van der Waals surface area contributed by atoms with Crippen molar-refractivity contribution in [1.82, 2.24) is 10.2 Å². The van der Waals surface area contributed by atoms with E-state index >= 15 is 0 Å². The fourth-order valence-electron chi connectivity index (χ4n) is 3.14. The molecule has 0 bridgehead atoms. The third kappa shape index (κ3) is 4.08. The summed E-state index contributed by atoms with van der Waals surface area (Å²) >= 11 is 1.79. The molecule has 1 atom stereocenters. The van der Waals surface area contributed by atoms with Crippen LogP contribution in [0.4, 0.5) is 5.69 Å². The number of carbonyl (C=O) groups is 1. The first-order valence-corrected chi connectivity index (χ1v) is 9.44. The Kier molecular flexibility index (Phi) is 5.73. The Morgan fingerprint density at radius 2 is 1.88 bits per heavy atom. The molecule has 0 radical (unpaired) electrons. The summed E-state index contributed by atoms with van der Waals surface area (Å²) in [4.78, 5) is 14.4. The van der Waals surface area contributed by atoms with Crippen LogP contribution in [0.1, 0.15) is 12.8 Å². The Bertz CT molecular complexity index is 548. The van der Waals surface area contributed by atoms with E-state index in [1.165, 1.54) is 0 Å². The van der Waals surface area contributed by atoms with E-state index < -0.39 is 0 Å². The Hall–Kier alpha value is -1.60. The van der Waals surface area contributed by atoms with Crippen LogP contribution in [0.15, 0.2) is 18.2 Å². The highest BCUT2D eigenvalue weighted by Gasteiger charge is 2.30. The first-order chi connectivity index (χ1) is 11.7. The van der Waals surface area contributed by atoms with Crippen molar-refractivity contribution < 1.29 is 14.3 Å². The molecule has 2 fully saturated rings. The average Bonchev–Trinajstić information content (AvgIpc) is 3.16. The lowest BCUT2D eigenvalue weighted by atomic mass is 10.0. The highest BCUT2D eigenvalue weighted by molar-refractivity contribution is 7.99. The van der Waals surface area contributed by atoms with Crippen LogP contribution in [0.3, 0.4) is 0 Å². The highest BCUT2D eigenvalue weighted by atomic mass is 32.2. The topological polar surface area (TPSA) is 62.8 Å². The molecule has 1 amide bonds. The fourth-order valence-corrected chi connectivity index (χ4v) is 4.08. The largest absolute Gasteiger partial charge is 0.497 e. The monoisotopic (exact) mass is 351 g/mol. The maximum atomic E-state index is 12.4. The number of hydrogen-bond acceptors (Lipinski definition) is 6. The molecule has 3 rings (SSSR count). The molecule has 24 heavy (non-hydrogen) atoms. The van der Waals surface area contributed by atoms with Gasteiger partial charge in [-0.1, -0.05) is 0 Å². The molecule has 2 aliphatic rings. The van der Waals surface area contributed by atoms with Gasteiger partial charge in [0.05, 0.1) is 20.3 Å². The number of ether oxygens (including phenoxy) is 2. The first-order valence-electron chi connectivity index (χ1n) is 8.29. The molecule has 6 nitrogen and oxygen atoms in total. The Morgan fingerprint density at radius 3 is 2.42 bits per heavy atom. The van der Waals surface area contributed by atoms with Gasteiger partial charge in [-0.05, 0) is 12.8 Å². The summed E-state index contributed by atoms with van der Waals surface area (Å²) in [6.45, 7) is 1.61. The number of nitrogens with one attached hydrogen (secondary N) is 2. The SMILES string of the molecule is COc1cc(NC2CCN(C(=O)C3CSCN3)CC2)cc(OC)c1. The molecule has 2 heterocycles. The molecule has 1 aromatic carbocycles. The van der Waals surface area contributed by atoms with Crippen molar-refractivity contribution in [3.63, 3.8) is 0 Å². The second kappa shape index (κ2) is 7.98. The minimum absolute atomic E-state index is 0.00200. The highest BCUT2D eigenvalue weighted by Crippen LogP contribution is 2.27. The predicted octanol–water partition coefficient (Wildman–Crippen LogP) is 1.77. The van der Waals surface area contributed by atoms with Gasteiger partial charge in [0, 0.05) is 54.6 Å². The fraction of sp³-hybridized carbons (Fsp3) is 0.588. The van der Waals surface area contributed by atoms with Gasteiger partial charge in [0.15, 0.2) is 0 Å². The summed E-state index contributed by atoms with van der Waals surface area (Å²) in [5.41, 5.74) is 0.991. The van der Waals surface area contributed by atoms with Crippen LogP contribution in [0, 0.1) is 0 Å². The second-order valence-electron chi connectivity index (χ2n) is 6.12. The van der Waals surface area contributed by atoms with Crippen LogP contribution < -0.4 is 20.1 Å². The number of methoxy groups -OCH3 is 2. The Balaban J connectivity index is 1.54. The molecule has 0 spiro atoms. The van der Waals surface area contributed by atoms with Crippen molar-refractivity contribution >= 4 is 23.4 Å². The molecule has 2 aliphatic heterocycles. The van der Waals surface area contributed by atoms with Crippen molar-refractivity contribution in [3.8, 4) is 11.5 Å². The lowest BCUT2D eigenvalue weighted by Gasteiger charge is -2.34. The zero-order valence-corrected chi connectivity index (χ0v) is 15.0. The van der Waals surface area contributed by atoms with E-state index in [1.807, 2.05) is 23.1 Å². The molecule has 0 saturated carbocycles. The minimum Gasteiger partial charge on any atom is -0.497 e. The molecule has 2 saturated heterocycles. The van der Waals surface area contributed by atoms with Crippen molar-refractivity contribution in [3.05, 3.63) is 18.2 Å². The molecule has 7 heteroatoms. The molecule has 1 aromatic rings. The van der Waals surface area contributed by atoms with Crippen molar-refractivity contribution in [2.45, 2.75) is 24.9 Å². The Labute approximate surface area is 147 Å². The molecular weight excluding hydrogens is 326 g/mol. The van der Waals surface area contributed by atoms with Gasteiger partial charge in [-0.3, -0.25) is 10.1 Å². The minimum atomic E-state index is 0.00200. The summed E-state index contributed by atoms with van der Waals surface area (Å²) in [6, 6.07) is 6.16. The van der Waals surface area contributed by atoms with Gasteiger partial charge >= 0.3 is 0 Å².